The lowest BCUT2D eigenvalue weighted by atomic mass is 10.1. The summed E-state index contributed by atoms with van der Waals surface area (Å²) in [5.41, 5.74) is 0.796. The Morgan fingerprint density at radius 3 is 1.83 bits per heavy atom. The summed E-state index contributed by atoms with van der Waals surface area (Å²) < 4.78 is 0. The number of hydrogen-bond acceptors (Lipinski definition) is 1. The van der Waals surface area contributed by atoms with Crippen molar-refractivity contribution in [3.8, 4) is 0 Å². The largest absolute Gasteiger partial charge is 0.295 e. The highest BCUT2D eigenvalue weighted by atomic mass is 16.1. The molecule has 0 saturated heterocycles. The number of hydrogen-bond donors (Lipinski definition) is 0. The van der Waals surface area contributed by atoms with Crippen LogP contribution in [-0.2, 0) is 4.79 Å². The average molecular weight is 170 g/mol. The zero-order valence-corrected chi connectivity index (χ0v) is 8.94. The fraction of sp³-hybridized carbons (Fsp3) is 0.727. The van der Waals surface area contributed by atoms with Crippen molar-refractivity contribution in [1.29, 1.82) is 0 Å². The van der Waals surface area contributed by atoms with Gasteiger partial charge in [0.05, 0.1) is 0 Å². The smallest absolute Gasteiger partial charge is 0.158 e. The van der Waals surface area contributed by atoms with E-state index in [1.165, 1.54) is 0 Å². The molecule has 0 fully saturated rings. The van der Waals surface area contributed by atoms with Crippen LogP contribution < -0.4 is 0 Å². The normalized spacial score (nSPS) is 8.33. The summed E-state index contributed by atoms with van der Waals surface area (Å²) >= 11 is 0. The number of carbonyl (C=O) groups is 1. The molecule has 0 amide bonds. The van der Waals surface area contributed by atoms with Crippen molar-refractivity contribution in [1.82, 2.24) is 0 Å². The first kappa shape index (κ1) is 14.0. The number of Topliss-reactive ketones (excluding diaryl/α,β-unsaturated/α-hetero) is 1. The minimum absolute atomic E-state index is 0.240. The third-order valence-electron chi connectivity index (χ3n) is 1.42. The van der Waals surface area contributed by atoms with E-state index in [4.69, 9.17) is 0 Å². The van der Waals surface area contributed by atoms with E-state index in [1.807, 2.05) is 20.8 Å². The lowest BCUT2D eigenvalue weighted by Gasteiger charge is -1.99. The third-order valence-corrected chi connectivity index (χ3v) is 1.42. The van der Waals surface area contributed by atoms with Crippen LogP contribution in [-0.4, -0.2) is 5.78 Å². The van der Waals surface area contributed by atoms with Crippen LogP contribution in [0.1, 0.15) is 53.4 Å². The highest BCUT2D eigenvalue weighted by Gasteiger charge is 2.02. The van der Waals surface area contributed by atoms with Crippen LogP contribution in [0.25, 0.3) is 0 Å². The predicted octanol–water partition coefficient (Wildman–Crippen LogP) is 3.74. The van der Waals surface area contributed by atoms with Crippen molar-refractivity contribution in [2.75, 3.05) is 0 Å². The Hall–Kier alpha value is -0.590. The van der Waals surface area contributed by atoms with Crippen LogP contribution >= 0.6 is 0 Å². The molecular weight excluding hydrogens is 148 g/mol. The molecule has 0 bridgehead atoms. The van der Waals surface area contributed by atoms with Gasteiger partial charge in [-0.3, -0.25) is 4.79 Å². The van der Waals surface area contributed by atoms with E-state index in [0.29, 0.717) is 6.42 Å². The summed E-state index contributed by atoms with van der Waals surface area (Å²) in [5, 5.41) is 0. The first-order valence-corrected chi connectivity index (χ1v) is 4.93. The van der Waals surface area contributed by atoms with Gasteiger partial charge in [0.1, 0.15) is 0 Å². The molecule has 12 heavy (non-hydrogen) atoms. The summed E-state index contributed by atoms with van der Waals surface area (Å²) in [7, 11) is 0. The van der Waals surface area contributed by atoms with E-state index in [-0.39, 0.29) is 5.78 Å². The van der Waals surface area contributed by atoms with Gasteiger partial charge in [-0.05, 0) is 18.4 Å². The Bertz CT molecular complexity index is 109. The van der Waals surface area contributed by atoms with E-state index in [0.717, 1.165) is 24.8 Å². The third kappa shape index (κ3) is 7.52. The summed E-state index contributed by atoms with van der Waals surface area (Å²) in [4.78, 5) is 11.0. The summed E-state index contributed by atoms with van der Waals surface area (Å²) in [6, 6.07) is 0. The Labute approximate surface area is 76.9 Å². The van der Waals surface area contributed by atoms with E-state index >= 15 is 0 Å². The van der Waals surface area contributed by atoms with Gasteiger partial charge in [-0.1, -0.05) is 40.7 Å². The van der Waals surface area contributed by atoms with Gasteiger partial charge >= 0.3 is 0 Å². The molecule has 0 aliphatic heterocycles. The van der Waals surface area contributed by atoms with Gasteiger partial charge in [-0.15, -0.1) is 0 Å². The summed E-state index contributed by atoms with van der Waals surface area (Å²) in [5.74, 6) is 0.240. The molecule has 0 atom stereocenters. The SMILES string of the molecule is C=C(CCC)C(=O)CCC.CC. The number of ketones is 1. The molecule has 0 aliphatic rings. The lowest BCUT2D eigenvalue weighted by Crippen LogP contribution is -1.99. The van der Waals surface area contributed by atoms with Gasteiger partial charge in [0.15, 0.2) is 5.78 Å². The molecule has 0 radical (unpaired) electrons. The van der Waals surface area contributed by atoms with Crippen molar-refractivity contribution in [3.05, 3.63) is 12.2 Å². The Morgan fingerprint density at radius 1 is 1.08 bits per heavy atom. The molecule has 0 heterocycles. The molecule has 1 nitrogen and oxygen atoms in total. The van der Waals surface area contributed by atoms with Crippen molar-refractivity contribution in [3.63, 3.8) is 0 Å². The minimum atomic E-state index is 0.240. The van der Waals surface area contributed by atoms with Gasteiger partial charge in [0, 0.05) is 6.42 Å². The fourth-order valence-corrected chi connectivity index (χ4v) is 0.845. The number of carbonyl (C=O) groups excluding carboxylic acids is 1. The Kier molecular flexibility index (Phi) is 12.1. The van der Waals surface area contributed by atoms with Crippen LogP contribution in [0.5, 0.6) is 0 Å². The van der Waals surface area contributed by atoms with Gasteiger partial charge in [-0.25, -0.2) is 0 Å². The van der Waals surface area contributed by atoms with Gasteiger partial charge in [-0.2, -0.15) is 0 Å². The zero-order valence-electron chi connectivity index (χ0n) is 8.94. The molecule has 0 unspecified atom stereocenters. The number of allylic oxidation sites excluding steroid dienone is 1. The van der Waals surface area contributed by atoms with Crippen molar-refractivity contribution in [2.45, 2.75) is 53.4 Å². The first-order valence-electron chi connectivity index (χ1n) is 4.93. The standard InChI is InChI=1S/C9H16O.C2H6/c1-4-6-8(3)9(10)7-5-2;1-2/h3-7H2,1-2H3;1-2H3. The molecule has 0 saturated carbocycles. The zero-order chi connectivity index (χ0) is 9.98. The maximum absolute atomic E-state index is 11.0. The van der Waals surface area contributed by atoms with Crippen LogP contribution in [0.15, 0.2) is 12.2 Å². The predicted molar refractivity (Wildman–Crippen MR) is 55.3 cm³/mol. The van der Waals surface area contributed by atoms with Gasteiger partial charge < -0.3 is 0 Å². The monoisotopic (exact) mass is 170 g/mol. The topological polar surface area (TPSA) is 17.1 Å². The maximum atomic E-state index is 11.0. The molecule has 0 N–H and O–H groups in total. The second-order valence-electron chi connectivity index (χ2n) is 2.53. The summed E-state index contributed by atoms with van der Waals surface area (Å²) in [6.45, 7) is 11.8. The fourth-order valence-electron chi connectivity index (χ4n) is 0.845. The van der Waals surface area contributed by atoms with E-state index in [9.17, 15) is 4.79 Å². The Balaban J connectivity index is 0. The van der Waals surface area contributed by atoms with Crippen molar-refractivity contribution < 1.29 is 4.79 Å². The highest BCUT2D eigenvalue weighted by molar-refractivity contribution is 5.94. The van der Waals surface area contributed by atoms with Gasteiger partial charge in [0.25, 0.3) is 0 Å². The van der Waals surface area contributed by atoms with Crippen LogP contribution in [0.4, 0.5) is 0 Å². The molecule has 0 spiro atoms. The molecule has 1 heteroatoms. The minimum Gasteiger partial charge on any atom is -0.295 e. The molecule has 0 rings (SSSR count). The van der Waals surface area contributed by atoms with Gasteiger partial charge in [0.2, 0.25) is 0 Å². The number of rotatable bonds is 5. The molecule has 0 aliphatic carbocycles. The van der Waals surface area contributed by atoms with Crippen LogP contribution in [0, 0.1) is 0 Å². The van der Waals surface area contributed by atoms with E-state index in [2.05, 4.69) is 13.5 Å². The quantitative estimate of drug-likeness (QED) is 0.574. The molecule has 0 aromatic rings. The molecule has 72 valence electrons. The van der Waals surface area contributed by atoms with Crippen molar-refractivity contribution in [2.24, 2.45) is 0 Å². The average Bonchev–Trinajstić information content (AvgIpc) is 2.09. The van der Waals surface area contributed by atoms with E-state index < -0.39 is 0 Å². The van der Waals surface area contributed by atoms with Crippen molar-refractivity contribution >= 4 is 5.78 Å². The first-order chi connectivity index (χ1) is 5.72. The van der Waals surface area contributed by atoms with Crippen LogP contribution in [0.2, 0.25) is 0 Å². The molecule has 0 aromatic heterocycles. The summed E-state index contributed by atoms with van der Waals surface area (Å²) in [6.07, 6.45) is 3.48. The second-order valence-corrected chi connectivity index (χ2v) is 2.53. The van der Waals surface area contributed by atoms with E-state index in [1.54, 1.807) is 0 Å². The second kappa shape index (κ2) is 10.4. The molecular formula is C11H22O. The lowest BCUT2D eigenvalue weighted by molar-refractivity contribution is -0.115. The highest BCUT2D eigenvalue weighted by Crippen LogP contribution is 2.06. The molecule has 0 aromatic carbocycles. The van der Waals surface area contributed by atoms with Crippen LogP contribution in [0.3, 0.4) is 0 Å². The Morgan fingerprint density at radius 2 is 1.50 bits per heavy atom. The maximum Gasteiger partial charge on any atom is 0.158 e.